The molecule has 0 fully saturated rings. The van der Waals surface area contributed by atoms with E-state index in [0.29, 0.717) is 17.2 Å². The number of nitrogen functional groups attached to an aromatic ring is 1. The Morgan fingerprint density at radius 3 is 2.44 bits per heavy atom. The van der Waals surface area contributed by atoms with Crippen molar-refractivity contribution in [2.24, 2.45) is 0 Å². The Labute approximate surface area is 105 Å². The fourth-order valence-electron chi connectivity index (χ4n) is 1.39. The van der Waals surface area contributed by atoms with Gasteiger partial charge in [-0.25, -0.2) is 9.78 Å². The van der Waals surface area contributed by atoms with Crippen LogP contribution in [-0.4, -0.2) is 11.0 Å². The van der Waals surface area contributed by atoms with Gasteiger partial charge in [0.1, 0.15) is 5.82 Å². The van der Waals surface area contributed by atoms with Crippen molar-refractivity contribution < 1.29 is 4.79 Å². The number of nitrogens with two attached hydrogens (primary N) is 1. The predicted octanol–water partition coefficient (Wildman–Crippen LogP) is 2.62. The summed E-state index contributed by atoms with van der Waals surface area (Å²) in [6.45, 7) is 1.94. The van der Waals surface area contributed by atoms with E-state index in [2.05, 4.69) is 15.6 Å². The lowest BCUT2D eigenvalue weighted by atomic mass is 10.3. The van der Waals surface area contributed by atoms with Crippen molar-refractivity contribution in [3.63, 3.8) is 0 Å². The fraction of sp³-hybridized carbons (Fsp3) is 0.0769. The summed E-state index contributed by atoms with van der Waals surface area (Å²) in [5.41, 5.74) is 7.93. The van der Waals surface area contributed by atoms with Gasteiger partial charge in [0.05, 0.1) is 0 Å². The number of hydrogen-bond donors (Lipinski definition) is 3. The first kappa shape index (κ1) is 11.9. The van der Waals surface area contributed by atoms with E-state index in [1.165, 1.54) is 0 Å². The van der Waals surface area contributed by atoms with E-state index in [0.717, 1.165) is 5.56 Å². The molecule has 0 radical (unpaired) electrons. The van der Waals surface area contributed by atoms with E-state index in [9.17, 15) is 4.79 Å². The van der Waals surface area contributed by atoms with E-state index in [-0.39, 0.29) is 6.03 Å². The van der Waals surface area contributed by atoms with E-state index in [1.54, 1.807) is 36.5 Å². The molecule has 0 atom stereocenters. The SMILES string of the molecule is Cc1ccc(NC(=O)Nc2ccc(N)cc2)nc1. The molecule has 0 aliphatic rings. The third kappa shape index (κ3) is 3.21. The lowest BCUT2D eigenvalue weighted by Crippen LogP contribution is -2.20. The Hall–Kier alpha value is -2.56. The fourth-order valence-corrected chi connectivity index (χ4v) is 1.39. The highest BCUT2D eigenvalue weighted by atomic mass is 16.2. The Balaban J connectivity index is 1.96. The molecule has 2 amide bonds. The van der Waals surface area contributed by atoms with Crippen molar-refractivity contribution in [1.82, 2.24) is 4.98 Å². The van der Waals surface area contributed by atoms with Crippen LogP contribution >= 0.6 is 0 Å². The second-order valence-corrected chi connectivity index (χ2v) is 3.92. The van der Waals surface area contributed by atoms with Crippen LogP contribution in [0.1, 0.15) is 5.56 Å². The monoisotopic (exact) mass is 242 g/mol. The average Bonchev–Trinajstić information content (AvgIpc) is 2.35. The Morgan fingerprint density at radius 1 is 1.11 bits per heavy atom. The van der Waals surface area contributed by atoms with Crippen LogP contribution in [-0.2, 0) is 0 Å². The second kappa shape index (κ2) is 5.18. The van der Waals surface area contributed by atoms with Crippen LogP contribution in [0.5, 0.6) is 0 Å². The number of aryl methyl sites for hydroxylation is 1. The van der Waals surface area contributed by atoms with Gasteiger partial charge in [-0.1, -0.05) is 6.07 Å². The van der Waals surface area contributed by atoms with Gasteiger partial charge in [-0.15, -0.1) is 0 Å². The summed E-state index contributed by atoms with van der Waals surface area (Å²) in [4.78, 5) is 15.7. The van der Waals surface area contributed by atoms with E-state index >= 15 is 0 Å². The molecule has 18 heavy (non-hydrogen) atoms. The molecule has 0 spiro atoms. The number of anilines is 3. The topological polar surface area (TPSA) is 80.0 Å². The van der Waals surface area contributed by atoms with Gasteiger partial charge in [0.25, 0.3) is 0 Å². The van der Waals surface area contributed by atoms with Gasteiger partial charge >= 0.3 is 6.03 Å². The summed E-state index contributed by atoms with van der Waals surface area (Å²) < 4.78 is 0. The largest absolute Gasteiger partial charge is 0.399 e. The van der Waals surface area contributed by atoms with Crippen LogP contribution in [0.2, 0.25) is 0 Å². The average molecular weight is 242 g/mol. The van der Waals surface area contributed by atoms with Crippen LogP contribution < -0.4 is 16.4 Å². The van der Waals surface area contributed by atoms with Crippen LogP contribution in [0.15, 0.2) is 42.6 Å². The molecule has 0 saturated carbocycles. The normalized spacial score (nSPS) is 9.83. The molecule has 2 rings (SSSR count). The Morgan fingerprint density at radius 2 is 1.83 bits per heavy atom. The molecule has 5 heteroatoms. The molecule has 1 heterocycles. The molecule has 0 bridgehead atoms. The predicted molar refractivity (Wildman–Crippen MR) is 72.5 cm³/mol. The maximum Gasteiger partial charge on any atom is 0.324 e. The maximum absolute atomic E-state index is 11.7. The molecule has 5 nitrogen and oxygen atoms in total. The number of amides is 2. The number of urea groups is 1. The van der Waals surface area contributed by atoms with Gasteiger partial charge in [0, 0.05) is 17.6 Å². The summed E-state index contributed by atoms with van der Waals surface area (Å²) in [5, 5.41) is 5.33. The van der Waals surface area contributed by atoms with Gasteiger partial charge < -0.3 is 11.1 Å². The minimum absolute atomic E-state index is 0.337. The van der Waals surface area contributed by atoms with Crippen LogP contribution in [0.25, 0.3) is 0 Å². The molecule has 4 N–H and O–H groups in total. The number of nitrogens with zero attached hydrogens (tertiary/aromatic N) is 1. The molecule has 0 unspecified atom stereocenters. The van der Waals surface area contributed by atoms with Crippen molar-refractivity contribution in [2.45, 2.75) is 6.92 Å². The minimum atomic E-state index is -0.337. The maximum atomic E-state index is 11.7. The van der Waals surface area contributed by atoms with E-state index < -0.39 is 0 Å². The first-order valence-corrected chi connectivity index (χ1v) is 5.50. The minimum Gasteiger partial charge on any atom is -0.399 e. The smallest absolute Gasteiger partial charge is 0.324 e. The number of aromatic nitrogens is 1. The number of nitrogens with one attached hydrogen (secondary N) is 2. The number of hydrogen-bond acceptors (Lipinski definition) is 3. The highest BCUT2D eigenvalue weighted by Gasteiger charge is 2.02. The molecule has 0 aliphatic carbocycles. The standard InChI is InChI=1S/C13H14N4O/c1-9-2-7-12(15-8-9)17-13(18)16-11-5-3-10(14)4-6-11/h2-8H,14H2,1H3,(H2,15,16,17,18). The molecule has 92 valence electrons. The van der Waals surface area contributed by atoms with Gasteiger partial charge in [0.2, 0.25) is 0 Å². The van der Waals surface area contributed by atoms with Gasteiger partial charge in [-0.3, -0.25) is 5.32 Å². The molecule has 1 aromatic heterocycles. The number of carbonyl (C=O) groups excluding carboxylic acids is 1. The molecular weight excluding hydrogens is 228 g/mol. The summed E-state index contributed by atoms with van der Waals surface area (Å²) in [6, 6.07) is 10.2. The summed E-state index contributed by atoms with van der Waals surface area (Å²) >= 11 is 0. The quantitative estimate of drug-likeness (QED) is 0.708. The highest BCUT2D eigenvalue weighted by molar-refractivity contribution is 5.99. The summed E-state index contributed by atoms with van der Waals surface area (Å²) in [6.07, 6.45) is 1.69. The summed E-state index contributed by atoms with van der Waals surface area (Å²) in [7, 11) is 0. The van der Waals surface area contributed by atoms with Gasteiger partial charge in [-0.2, -0.15) is 0 Å². The van der Waals surface area contributed by atoms with E-state index in [1.807, 2.05) is 13.0 Å². The lowest BCUT2D eigenvalue weighted by molar-refractivity contribution is 0.262. The third-order valence-electron chi connectivity index (χ3n) is 2.32. The second-order valence-electron chi connectivity index (χ2n) is 3.92. The molecule has 0 saturated heterocycles. The number of rotatable bonds is 2. The van der Waals surface area contributed by atoms with Crippen LogP contribution in [0.3, 0.4) is 0 Å². The molecule has 1 aromatic carbocycles. The highest BCUT2D eigenvalue weighted by Crippen LogP contribution is 2.11. The van der Waals surface area contributed by atoms with Crippen molar-refractivity contribution in [3.8, 4) is 0 Å². The lowest BCUT2D eigenvalue weighted by Gasteiger charge is -2.07. The van der Waals surface area contributed by atoms with Gasteiger partial charge in [-0.05, 0) is 42.8 Å². The Bertz CT molecular complexity index is 484. The van der Waals surface area contributed by atoms with Crippen LogP contribution in [0, 0.1) is 6.92 Å². The first-order chi connectivity index (χ1) is 8.63. The van der Waals surface area contributed by atoms with E-state index in [4.69, 9.17) is 5.73 Å². The van der Waals surface area contributed by atoms with Crippen molar-refractivity contribution in [2.75, 3.05) is 16.4 Å². The van der Waals surface area contributed by atoms with Crippen molar-refractivity contribution >= 4 is 23.2 Å². The molecule has 0 aliphatic heterocycles. The zero-order valence-corrected chi connectivity index (χ0v) is 9.97. The number of pyridine rings is 1. The number of benzene rings is 1. The summed E-state index contributed by atoms with van der Waals surface area (Å²) in [5.74, 6) is 0.508. The molecular formula is C13H14N4O. The first-order valence-electron chi connectivity index (χ1n) is 5.50. The van der Waals surface area contributed by atoms with Crippen LogP contribution in [0.4, 0.5) is 22.0 Å². The Kier molecular flexibility index (Phi) is 3.43. The third-order valence-corrected chi connectivity index (χ3v) is 2.32. The van der Waals surface area contributed by atoms with Gasteiger partial charge in [0.15, 0.2) is 0 Å². The van der Waals surface area contributed by atoms with Crippen molar-refractivity contribution in [3.05, 3.63) is 48.2 Å². The van der Waals surface area contributed by atoms with Crippen molar-refractivity contribution in [1.29, 1.82) is 0 Å². The zero-order valence-electron chi connectivity index (χ0n) is 9.97. The zero-order chi connectivity index (χ0) is 13.0. The molecule has 2 aromatic rings. The number of carbonyl (C=O) groups is 1.